The highest BCUT2D eigenvalue weighted by Crippen LogP contribution is 2.14. The van der Waals surface area contributed by atoms with Gasteiger partial charge in [0, 0.05) is 12.3 Å². The van der Waals surface area contributed by atoms with Gasteiger partial charge >= 0.3 is 0 Å². The van der Waals surface area contributed by atoms with E-state index in [2.05, 4.69) is 17.9 Å². The lowest BCUT2D eigenvalue weighted by Gasteiger charge is -1.99. The molecule has 10 heavy (non-hydrogen) atoms. The van der Waals surface area contributed by atoms with Gasteiger partial charge in [-0.3, -0.25) is 4.79 Å². The molecule has 0 unspecified atom stereocenters. The quantitative estimate of drug-likeness (QED) is 0.392. The summed E-state index contributed by atoms with van der Waals surface area (Å²) in [6.45, 7) is 0.741. The maximum atomic E-state index is 10.6. The Morgan fingerprint density at radius 3 is 2.90 bits per heavy atom. The van der Waals surface area contributed by atoms with E-state index in [1.165, 1.54) is 0 Å². The summed E-state index contributed by atoms with van der Waals surface area (Å²) in [7, 11) is 3.44. The molecule has 0 aliphatic heterocycles. The monoisotopic (exact) mass is 197 g/mol. The van der Waals surface area contributed by atoms with Crippen LogP contribution in [0.1, 0.15) is 0 Å². The molecule has 1 N–H and O–H groups in total. The predicted octanol–water partition coefficient (Wildman–Crippen LogP) is 1.04. The summed E-state index contributed by atoms with van der Waals surface area (Å²) in [4.78, 5) is 10.6. The Hall–Kier alpha value is 0.520. The van der Waals surface area contributed by atoms with Gasteiger partial charge in [-0.25, -0.2) is 0 Å². The molecule has 0 atom stereocenters. The third-order valence-corrected chi connectivity index (χ3v) is 2.87. The highest BCUT2D eigenvalue weighted by molar-refractivity contribution is 8.76. The summed E-state index contributed by atoms with van der Waals surface area (Å²) in [5, 5.41) is 2.72. The van der Waals surface area contributed by atoms with Gasteiger partial charge in [-0.1, -0.05) is 21.6 Å². The molecule has 0 aromatic carbocycles. The lowest BCUT2D eigenvalue weighted by atomic mass is 10.6. The smallest absolute Gasteiger partial charge is 0.229 e. The van der Waals surface area contributed by atoms with E-state index in [4.69, 9.17) is 0 Å². The van der Waals surface area contributed by atoms with Crippen molar-refractivity contribution in [3.63, 3.8) is 0 Å². The van der Waals surface area contributed by atoms with E-state index in [-0.39, 0.29) is 11.7 Å². The zero-order valence-corrected chi connectivity index (χ0v) is 8.32. The maximum Gasteiger partial charge on any atom is 0.229 e. The van der Waals surface area contributed by atoms with Crippen molar-refractivity contribution in [3.05, 3.63) is 0 Å². The first-order chi connectivity index (χ1) is 4.81. The second kappa shape index (κ2) is 7.63. The first kappa shape index (κ1) is 10.5. The summed E-state index contributed by atoms with van der Waals surface area (Å²) in [5.74, 6) is 1.25. The maximum absolute atomic E-state index is 10.6. The van der Waals surface area contributed by atoms with Gasteiger partial charge in [0.05, 0.1) is 5.75 Å². The van der Waals surface area contributed by atoms with Crippen molar-refractivity contribution in [3.8, 4) is 0 Å². The number of carbonyl (C=O) groups is 1. The minimum absolute atomic E-state index is 0.00466. The van der Waals surface area contributed by atoms with Crippen LogP contribution in [0.25, 0.3) is 0 Å². The summed E-state index contributed by atoms with van der Waals surface area (Å²) < 4.78 is 0. The zero-order chi connectivity index (χ0) is 7.82. The van der Waals surface area contributed by atoms with Gasteiger partial charge < -0.3 is 5.32 Å². The summed E-state index contributed by atoms with van der Waals surface area (Å²) in [6, 6.07) is 0. The largest absolute Gasteiger partial charge is 0.355 e. The van der Waals surface area contributed by atoms with Gasteiger partial charge in [0.2, 0.25) is 5.91 Å². The minimum Gasteiger partial charge on any atom is -0.355 e. The number of carbonyl (C=O) groups excluding carboxylic acids is 1. The SMILES string of the molecule is CSSCCNC(=O)CS. The Labute approximate surface area is 74.7 Å². The molecule has 0 spiro atoms. The summed E-state index contributed by atoms with van der Waals surface area (Å²) >= 11 is 3.82. The van der Waals surface area contributed by atoms with Crippen LogP contribution in [0.2, 0.25) is 0 Å². The molecular formula is C5H11NOS3. The summed E-state index contributed by atoms with van der Waals surface area (Å²) in [6.07, 6.45) is 2.02. The van der Waals surface area contributed by atoms with Crippen LogP contribution in [0.4, 0.5) is 0 Å². The van der Waals surface area contributed by atoms with E-state index in [1.54, 1.807) is 21.6 Å². The van der Waals surface area contributed by atoms with E-state index in [0.29, 0.717) is 0 Å². The Bertz CT molecular complexity index is 98.9. The van der Waals surface area contributed by atoms with E-state index < -0.39 is 0 Å². The van der Waals surface area contributed by atoms with Crippen LogP contribution < -0.4 is 5.32 Å². The molecule has 0 heterocycles. The molecule has 60 valence electrons. The molecule has 0 aliphatic rings. The second-order valence-electron chi connectivity index (χ2n) is 1.50. The molecule has 0 aliphatic carbocycles. The number of hydrogen-bond donors (Lipinski definition) is 2. The number of thiol groups is 1. The number of nitrogens with one attached hydrogen (secondary N) is 1. The number of amides is 1. The summed E-state index contributed by atoms with van der Waals surface area (Å²) in [5.41, 5.74) is 0. The standard InChI is InChI=1S/C5H11NOS3/c1-9-10-3-2-6-5(7)4-8/h8H,2-4H2,1H3,(H,6,7). The molecule has 0 aromatic rings. The first-order valence-corrected chi connectivity index (χ1v) is 6.20. The van der Waals surface area contributed by atoms with Gasteiger partial charge in [-0.15, -0.1) is 0 Å². The van der Waals surface area contributed by atoms with Gasteiger partial charge in [0.1, 0.15) is 0 Å². The number of rotatable bonds is 5. The molecule has 2 nitrogen and oxygen atoms in total. The minimum atomic E-state index is 0.00466. The van der Waals surface area contributed by atoms with E-state index in [9.17, 15) is 4.79 Å². The fourth-order valence-corrected chi connectivity index (χ4v) is 1.59. The molecule has 0 fully saturated rings. The lowest BCUT2D eigenvalue weighted by Crippen LogP contribution is -2.26. The topological polar surface area (TPSA) is 29.1 Å². The van der Waals surface area contributed by atoms with Crippen LogP contribution in [0.15, 0.2) is 0 Å². The van der Waals surface area contributed by atoms with Gasteiger partial charge in [-0.05, 0) is 6.26 Å². The van der Waals surface area contributed by atoms with Crippen LogP contribution in [0.5, 0.6) is 0 Å². The molecule has 0 radical (unpaired) electrons. The fourth-order valence-electron chi connectivity index (χ4n) is 0.371. The van der Waals surface area contributed by atoms with Crippen molar-refractivity contribution < 1.29 is 4.79 Å². The van der Waals surface area contributed by atoms with Gasteiger partial charge in [0.25, 0.3) is 0 Å². The van der Waals surface area contributed by atoms with Crippen LogP contribution in [-0.4, -0.2) is 30.2 Å². The first-order valence-electron chi connectivity index (χ1n) is 2.84. The lowest BCUT2D eigenvalue weighted by molar-refractivity contribution is -0.118. The van der Waals surface area contributed by atoms with Gasteiger partial charge in [-0.2, -0.15) is 12.6 Å². The van der Waals surface area contributed by atoms with Crippen LogP contribution in [0, 0.1) is 0 Å². The van der Waals surface area contributed by atoms with Gasteiger partial charge in [0.15, 0.2) is 0 Å². The Morgan fingerprint density at radius 2 is 2.40 bits per heavy atom. The highest BCUT2D eigenvalue weighted by Gasteiger charge is 1.93. The van der Waals surface area contributed by atoms with E-state index in [0.717, 1.165) is 12.3 Å². The van der Waals surface area contributed by atoms with Crippen molar-refractivity contribution in [2.24, 2.45) is 0 Å². The van der Waals surface area contributed by atoms with Crippen molar-refractivity contribution in [2.75, 3.05) is 24.3 Å². The molecule has 0 bridgehead atoms. The Balaban J connectivity index is 2.96. The molecule has 0 saturated heterocycles. The average molecular weight is 197 g/mol. The predicted molar refractivity (Wildman–Crippen MR) is 52.8 cm³/mol. The molecular weight excluding hydrogens is 186 g/mol. The molecule has 0 aromatic heterocycles. The zero-order valence-electron chi connectivity index (χ0n) is 5.79. The fraction of sp³-hybridized carbons (Fsp3) is 0.800. The van der Waals surface area contributed by atoms with Crippen LogP contribution in [-0.2, 0) is 4.79 Å². The average Bonchev–Trinajstić information content (AvgIpc) is 1.98. The van der Waals surface area contributed by atoms with E-state index >= 15 is 0 Å². The van der Waals surface area contributed by atoms with Crippen molar-refractivity contribution >= 4 is 40.1 Å². The highest BCUT2D eigenvalue weighted by atomic mass is 33.1. The van der Waals surface area contributed by atoms with Crippen molar-refractivity contribution in [1.29, 1.82) is 0 Å². The second-order valence-corrected chi connectivity index (χ2v) is 4.50. The van der Waals surface area contributed by atoms with Crippen LogP contribution in [0.3, 0.4) is 0 Å². The molecule has 5 heteroatoms. The molecule has 0 rings (SSSR count). The molecule has 1 amide bonds. The third kappa shape index (κ3) is 6.64. The Kier molecular flexibility index (Phi) is 8.02. The van der Waals surface area contributed by atoms with Crippen LogP contribution >= 0.6 is 34.2 Å². The third-order valence-electron chi connectivity index (χ3n) is 0.769. The Morgan fingerprint density at radius 1 is 1.70 bits per heavy atom. The number of hydrogen-bond acceptors (Lipinski definition) is 4. The van der Waals surface area contributed by atoms with Crippen molar-refractivity contribution in [2.45, 2.75) is 0 Å². The normalized spacial score (nSPS) is 9.40. The van der Waals surface area contributed by atoms with E-state index in [1.807, 2.05) is 6.26 Å². The molecule has 0 saturated carbocycles. The van der Waals surface area contributed by atoms with Crippen molar-refractivity contribution in [1.82, 2.24) is 5.32 Å².